The fourth-order valence-electron chi connectivity index (χ4n) is 1.81. The third-order valence-electron chi connectivity index (χ3n) is 2.89. The van der Waals surface area contributed by atoms with Gasteiger partial charge in [0.25, 0.3) is 0 Å². The van der Waals surface area contributed by atoms with Crippen LogP contribution in [0.5, 0.6) is 5.75 Å². The standard InChI is InChI=1S/C16H26BrNO3/c1-3-7-18-13-14-12-15(17)5-6-16(14)21-9-4-8-20-11-10-19-2/h5-6,12,18H,3-4,7-11,13H2,1-2H3. The van der Waals surface area contributed by atoms with Crippen LogP contribution in [-0.4, -0.2) is 40.1 Å². The zero-order valence-corrected chi connectivity index (χ0v) is 14.6. The van der Waals surface area contributed by atoms with Crippen molar-refractivity contribution in [1.82, 2.24) is 5.32 Å². The minimum Gasteiger partial charge on any atom is -0.493 e. The van der Waals surface area contributed by atoms with E-state index in [2.05, 4.69) is 34.2 Å². The maximum Gasteiger partial charge on any atom is 0.123 e. The minimum atomic E-state index is 0.640. The Kier molecular flexibility index (Phi) is 10.5. The molecule has 4 nitrogen and oxygen atoms in total. The normalized spacial score (nSPS) is 10.8. The number of rotatable bonds is 12. The van der Waals surface area contributed by atoms with Crippen molar-refractivity contribution < 1.29 is 14.2 Å². The Labute approximate surface area is 136 Å². The molecule has 0 spiro atoms. The summed E-state index contributed by atoms with van der Waals surface area (Å²) in [4.78, 5) is 0. The molecule has 0 atom stereocenters. The Morgan fingerprint density at radius 2 is 2.00 bits per heavy atom. The third-order valence-corrected chi connectivity index (χ3v) is 3.38. The monoisotopic (exact) mass is 359 g/mol. The van der Waals surface area contributed by atoms with Gasteiger partial charge in [-0.1, -0.05) is 22.9 Å². The summed E-state index contributed by atoms with van der Waals surface area (Å²) in [5.74, 6) is 0.943. The van der Waals surface area contributed by atoms with Crippen LogP contribution < -0.4 is 10.1 Å². The van der Waals surface area contributed by atoms with E-state index in [-0.39, 0.29) is 0 Å². The van der Waals surface area contributed by atoms with E-state index in [4.69, 9.17) is 14.2 Å². The van der Waals surface area contributed by atoms with Gasteiger partial charge in [-0.05, 0) is 31.2 Å². The summed E-state index contributed by atoms with van der Waals surface area (Å²) in [6.45, 7) is 6.64. The quantitative estimate of drug-likeness (QED) is 0.580. The maximum absolute atomic E-state index is 5.86. The van der Waals surface area contributed by atoms with Crippen molar-refractivity contribution >= 4 is 15.9 Å². The highest BCUT2D eigenvalue weighted by molar-refractivity contribution is 9.10. The Balaban J connectivity index is 2.32. The van der Waals surface area contributed by atoms with Gasteiger partial charge in [0, 0.05) is 36.7 Å². The number of benzene rings is 1. The summed E-state index contributed by atoms with van der Waals surface area (Å²) in [5, 5.41) is 3.40. The van der Waals surface area contributed by atoms with Crippen LogP contribution in [0.3, 0.4) is 0 Å². The Bertz CT molecular complexity index is 388. The van der Waals surface area contributed by atoms with Gasteiger partial charge in [-0.15, -0.1) is 0 Å². The fraction of sp³-hybridized carbons (Fsp3) is 0.625. The van der Waals surface area contributed by atoms with Crippen LogP contribution in [0, 0.1) is 0 Å². The van der Waals surface area contributed by atoms with Crippen molar-refractivity contribution in [2.24, 2.45) is 0 Å². The molecule has 0 heterocycles. The third kappa shape index (κ3) is 8.41. The first kappa shape index (κ1) is 18.4. The van der Waals surface area contributed by atoms with Gasteiger partial charge in [-0.3, -0.25) is 0 Å². The minimum absolute atomic E-state index is 0.640. The zero-order chi connectivity index (χ0) is 15.3. The van der Waals surface area contributed by atoms with Crippen LogP contribution in [-0.2, 0) is 16.0 Å². The van der Waals surface area contributed by atoms with E-state index < -0.39 is 0 Å². The summed E-state index contributed by atoms with van der Waals surface area (Å²) in [6, 6.07) is 6.12. The highest BCUT2D eigenvalue weighted by Gasteiger charge is 2.04. The first-order valence-electron chi connectivity index (χ1n) is 7.46. The molecule has 0 fully saturated rings. The van der Waals surface area contributed by atoms with Gasteiger partial charge < -0.3 is 19.5 Å². The van der Waals surface area contributed by atoms with Gasteiger partial charge in [0.15, 0.2) is 0 Å². The fourth-order valence-corrected chi connectivity index (χ4v) is 2.22. The molecule has 0 saturated carbocycles. The average Bonchev–Trinajstić information content (AvgIpc) is 2.48. The molecule has 5 heteroatoms. The Morgan fingerprint density at radius 3 is 2.76 bits per heavy atom. The van der Waals surface area contributed by atoms with Crippen LogP contribution in [0.15, 0.2) is 22.7 Å². The van der Waals surface area contributed by atoms with E-state index in [1.807, 2.05) is 12.1 Å². The summed E-state index contributed by atoms with van der Waals surface area (Å²) < 4.78 is 17.3. The molecule has 0 saturated heterocycles. The molecule has 0 aromatic heterocycles. The van der Waals surface area contributed by atoms with Gasteiger partial charge >= 0.3 is 0 Å². The summed E-state index contributed by atoms with van der Waals surface area (Å²) in [7, 11) is 1.67. The van der Waals surface area contributed by atoms with Crippen molar-refractivity contribution in [3.8, 4) is 5.75 Å². The molecule has 0 unspecified atom stereocenters. The number of nitrogens with one attached hydrogen (secondary N) is 1. The van der Waals surface area contributed by atoms with E-state index in [0.717, 1.165) is 36.2 Å². The number of hydrogen-bond donors (Lipinski definition) is 1. The molecular formula is C16H26BrNO3. The second-order valence-electron chi connectivity index (χ2n) is 4.74. The molecule has 0 aliphatic rings. The van der Waals surface area contributed by atoms with E-state index in [0.29, 0.717) is 26.4 Å². The molecule has 120 valence electrons. The lowest BCUT2D eigenvalue weighted by atomic mass is 10.2. The predicted molar refractivity (Wildman–Crippen MR) is 88.9 cm³/mol. The molecule has 1 rings (SSSR count). The van der Waals surface area contributed by atoms with Gasteiger partial charge in [-0.25, -0.2) is 0 Å². The number of ether oxygens (including phenoxy) is 3. The topological polar surface area (TPSA) is 39.7 Å². The molecule has 1 aromatic rings. The van der Waals surface area contributed by atoms with Crippen LogP contribution in [0.1, 0.15) is 25.3 Å². The summed E-state index contributed by atoms with van der Waals surface area (Å²) in [5.41, 5.74) is 1.18. The second-order valence-corrected chi connectivity index (χ2v) is 5.65. The highest BCUT2D eigenvalue weighted by atomic mass is 79.9. The van der Waals surface area contributed by atoms with E-state index in [1.54, 1.807) is 7.11 Å². The van der Waals surface area contributed by atoms with Crippen molar-refractivity contribution in [3.05, 3.63) is 28.2 Å². The van der Waals surface area contributed by atoms with Gasteiger partial charge in [0.1, 0.15) is 5.75 Å². The highest BCUT2D eigenvalue weighted by Crippen LogP contribution is 2.23. The molecule has 0 aliphatic heterocycles. The molecule has 0 amide bonds. The molecule has 0 aliphatic carbocycles. The largest absolute Gasteiger partial charge is 0.493 e. The van der Waals surface area contributed by atoms with Gasteiger partial charge in [0.2, 0.25) is 0 Å². The molecule has 1 N–H and O–H groups in total. The molecule has 0 bridgehead atoms. The summed E-state index contributed by atoms with van der Waals surface area (Å²) >= 11 is 3.51. The van der Waals surface area contributed by atoms with Gasteiger partial charge in [0.05, 0.1) is 19.8 Å². The lowest BCUT2D eigenvalue weighted by Crippen LogP contribution is -2.15. The molecule has 0 radical (unpaired) electrons. The van der Waals surface area contributed by atoms with Crippen molar-refractivity contribution in [3.63, 3.8) is 0 Å². The van der Waals surface area contributed by atoms with Crippen LogP contribution in [0.2, 0.25) is 0 Å². The second kappa shape index (κ2) is 12.0. The molecule has 21 heavy (non-hydrogen) atoms. The molecule has 1 aromatic carbocycles. The predicted octanol–water partition coefficient (Wildman–Crippen LogP) is 3.38. The van der Waals surface area contributed by atoms with Crippen LogP contribution in [0.4, 0.5) is 0 Å². The maximum atomic E-state index is 5.86. The van der Waals surface area contributed by atoms with Crippen molar-refractivity contribution in [1.29, 1.82) is 0 Å². The first-order valence-corrected chi connectivity index (χ1v) is 8.25. The van der Waals surface area contributed by atoms with E-state index in [1.165, 1.54) is 5.56 Å². The van der Waals surface area contributed by atoms with E-state index in [9.17, 15) is 0 Å². The Hall–Kier alpha value is -0.620. The van der Waals surface area contributed by atoms with Gasteiger partial charge in [-0.2, -0.15) is 0 Å². The first-order chi connectivity index (χ1) is 10.3. The van der Waals surface area contributed by atoms with Crippen LogP contribution in [0.25, 0.3) is 0 Å². The number of halogens is 1. The Morgan fingerprint density at radius 1 is 1.14 bits per heavy atom. The molecular weight excluding hydrogens is 334 g/mol. The SMILES string of the molecule is CCCNCc1cc(Br)ccc1OCCCOCCOC. The summed E-state index contributed by atoms with van der Waals surface area (Å²) in [6.07, 6.45) is 2.00. The van der Waals surface area contributed by atoms with Crippen molar-refractivity contribution in [2.75, 3.05) is 40.1 Å². The average molecular weight is 360 g/mol. The number of hydrogen-bond acceptors (Lipinski definition) is 4. The van der Waals surface area contributed by atoms with Crippen LogP contribution >= 0.6 is 15.9 Å². The lowest BCUT2D eigenvalue weighted by molar-refractivity contribution is 0.0644. The zero-order valence-electron chi connectivity index (χ0n) is 13.0. The smallest absolute Gasteiger partial charge is 0.123 e. The number of methoxy groups -OCH3 is 1. The van der Waals surface area contributed by atoms with Crippen molar-refractivity contribution in [2.45, 2.75) is 26.3 Å². The lowest BCUT2D eigenvalue weighted by Gasteiger charge is -2.13. The van der Waals surface area contributed by atoms with E-state index >= 15 is 0 Å².